The lowest BCUT2D eigenvalue weighted by molar-refractivity contribution is -0.121. The number of pyridine rings is 1. The molecule has 1 aromatic heterocycles. The van der Waals surface area contributed by atoms with E-state index >= 15 is 0 Å². The molecule has 0 bridgehead atoms. The van der Waals surface area contributed by atoms with Gasteiger partial charge in [-0.15, -0.1) is 0 Å². The molecule has 2 rings (SSSR count). The van der Waals surface area contributed by atoms with Crippen molar-refractivity contribution in [1.29, 1.82) is 0 Å². The summed E-state index contributed by atoms with van der Waals surface area (Å²) in [4.78, 5) is 25.9. The van der Waals surface area contributed by atoms with E-state index in [4.69, 9.17) is 0 Å². The van der Waals surface area contributed by atoms with Crippen molar-refractivity contribution in [2.75, 3.05) is 13.1 Å². The second-order valence-corrected chi connectivity index (χ2v) is 3.69. The van der Waals surface area contributed by atoms with Gasteiger partial charge in [0.15, 0.2) is 6.29 Å². The van der Waals surface area contributed by atoms with Crippen LogP contribution in [-0.2, 0) is 4.79 Å². The molecule has 1 aromatic rings. The molecular formula is C11H13N3O2. The molecule has 0 spiro atoms. The summed E-state index contributed by atoms with van der Waals surface area (Å²) in [5, 5.41) is 6.04. The molecule has 1 saturated heterocycles. The Bertz CT molecular complexity index is 406. The quantitative estimate of drug-likeness (QED) is 0.689. The molecule has 0 saturated carbocycles. The smallest absolute Gasteiger partial charge is 0.221 e. The van der Waals surface area contributed by atoms with Gasteiger partial charge in [-0.2, -0.15) is 0 Å². The molecule has 1 fully saturated rings. The van der Waals surface area contributed by atoms with Crippen LogP contribution in [0.15, 0.2) is 18.3 Å². The molecule has 5 nitrogen and oxygen atoms in total. The summed E-state index contributed by atoms with van der Waals surface area (Å²) in [5.74, 6) is 0.0273. The van der Waals surface area contributed by atoms with Gasteiger partial charge in [-0.3, -0.25) is 14.6 Å². The Morgan fingerprint density at radius 1 is 1.44 bits per heavy atom. The fraction of sp³-hybridized carbons (Fsp3) is 0.364. The lowest BCUT2D eigenvalue weighted by Crippen LogP contribution is -2.24. The normalized spacial score (nSPS) is 21.0. The third-order valence-corrected chi connectivity index (χ3v) is 2.56. The minimum absolute atomic E-state index is 0.0273. The Morgan fingerprint density at radius 2 is 2.31 bits per heavy atom. The van der Waals surface area contributed by atoms with Gasteiger partial charge in [0.2, 0.25) is 5.91 Å². The van der Waals surface area contributed by atoms with Crippen molar-refractivity contribution in [2.45, 2.75) is 12.5 Å². The molecule has 0 aliphatic carbocycles. The Hall–Kier alpha value is -1.75. The molecule has 2 heterocycles. The van der Waals surface area contributed by atoms with E-state index in [1.807, 2.05) is 6.07 Å². The average Bonchev–Trinajstić information content (AvgIpc) is 2.54. The first kappa shape index (κ1) is 10.8. The summed E-state index contributed by atoms with van der Waals surface area (Å²) in [7, 11) is 0. The number of hydrogen-bond donors (Lipinski definition) is 2. The highest BCUT2D eigenvalue weighted by Crippen LogP contribution is 2.17. The number of rotatable bonds is 2. The van der Waals surface area contributed by atoms with E-state index in [1.165, 1.54) is 0 Å². The molecule has 1 atom stereocenters. The number of carbonyl (C=O) groups excluding carboxylic acids is 2. The molecule has 84 valence electrons. The largest absolute Gasteiger partial charge is 0.355 e. The van der Waals surface area contributed by atoms with Crippen molar-refractivity contribution >= 4 is 12.2 Å². The van der Waals surface area contributed by atoms with Gasteiger partial charge in [0.1, 0.15) is 5.69 Å². The lowest BCUT2D eigenvalue weighted by Gasteiger charge is -2.14. The van der Waals surface area contributed by atoms with E-state index in [0.29, 0.717) is 24.9 Å². The van der Waals surface area contributed by atoms with Gasteiger partial charge in [0, 0.05) is 31.7 Å². The molecule has 1 aliphatic rings. The highest BCUT2D eigenvalue weighted by molar-refractivity contribution is 5.77. The molecule has 0 aromatic carbocycles. The molecule has 2 N–H and O–H groups in total. The van der Waals surface area contributed by atoms with Crippen molar-refractivity contribution < 1.29 is 9.59 Å². The summed E-state index contributed by atoms with van der Waals surface area (Å²) < 4.78 is 0. The van der Waals surface area contributed by atoms with E-state index in [1.54, 1.807) is 12.3 Å². The number of nitrogens with one attached hydrogen (secondary N) is 2. The van der Waals surface area contributed by atoms with E-state index in [0.717, 1.165) is 12.1 Å². The van der Waals surface area contributed by atoms with Crippen LogP contribution >= 0.6 is 0 Å². The monoisotopic (exact) mass is 219 g/mol. The van der Waals surface area contributed by atoms with E-state index in [2.05, 4.69) is 15.6 Å². The fourth-order valence-electron chi connectivity index (χ4n) is 1.76. The zero-order valence-corrected chi connectivity index (χ0v) is 8.77. The van der Waals surface area contributed by atoms with Gasteiger partial charge in [-0.25, -0.2) is 0 Å². The van der Waals surface area contributed by atoms with Crippen molar-refractivity contribution in [3.05, 3.63) is 29.6 Å². The standard InChI is InChI=1S/C11H13N3O2/c15-7-9-5-8(1-2-12-9)10-6-11(16)14-4-3-13-10/h1-2,5,7,10,13H,3-4,6H2,(H,14,16). The summed E-state index contributed by atoms with van der Waals surface area (Å²) in [6, 6.07) is 3.50. The summed E-state index contributed by atoms with van der Waals surface area (Å²) in [6.07, 6.45) is 2.69. The highest BCUT2D eigenvalue weighted by Gasteiger charge is 2.18. The summed E-state index contributed by atoms with van der Waals surface area (Å²) in [6.45, 7) is 1.37. The van der Waals surface area contributed by atoms with Crippen molar-refractivity contribution in [1.82, 2.24) is 15.6 Å². The van der Waals surface area contributed by atoms with Gasteiger partial charge < -0.3 is 10.6 Å². The second-order valence-electron chi connectivity index (χ2n) is 3.69. The first-order chi connectivity index (χ1) is 7.79. The van der Waals surface area contributed by atoms with Crippen LogP contribution < -0.4 is 10.6 Å². The molecule has 1 unspecified atom stereocenters. The van der Waals surface area contributed by atoms with Crippen LogP contribution in [0.2, 0.25) is 0 Å². The van der Waals surface area contributed by atoms with Gasteiger partial charge in [0.25, 0.3) is 0 Å². The first-order valence-corrected chi connectivity index (χ1v) is 5.21. The molecule has 16 heavy (non-hydrogen) atoms. The third-order valence-electron chi connectivity index (χ3n) is 2.56. The predicted octanol–water partition coefficient (Wildman–Crippen LogP) is 0.0447. The molecule has 5 heteroatoms. The number of aldehydes is 1. The van der Waals surface area contributed by atoms with Crippen LogP contribution in [-0.4, -0.2) is 30.3 Å². The van der Waals surface area contributed by atoms with Crippen LogP contribution in [0.1, 0.15) is 28.5 Å². The van der Waals surface area contributed by atoms with Crippen LogP contribution in [0, 0.1) is 0 Å². The van der Waals surface area contributed by atoms with E-state index < -0.39 is 0 Å². The van der Waals surface area contributed by atoms with Gasteiger partial charge in [-0.1, -0.05) is 0 Å². The van der Waals surface area contributed by atoms with Crippen LogP contribution in [0.4, 0.5) is 0 Å². The van der Waals surface area contributed by atoms with Crippen LogP contribution in [0.3, 0.4) is 0 Å². The maximum atomic E-state index is 11.4. The topological polar surface area (TPSA) is 71.1 Å². The zero-order valence-electron chi connectivity index (χ0n) is 8.77. The third kappa shape index (κ3) is 2.43. The predicted molar refractivity (Wildman–Crippen MR) is 58.0 cm³/mol. The Kier molecular flexibility index (Phi) is 3.26. The van der Waals surface area contributed by atoms with Crippen molar-refractivity contribution in [3.8, 4) is 0 Å². The average molecular weight is 219 g/mol. The Labute approximate surface area is 93.3 Å². The maximum absolute atomic E-state index is 11.4. The SMILES string of the molecule is O=Cc1cc(C2CC(=O)NCCN2)ccn1. The Morgan fingerprint density at radius 3 is 3.12 bits per heavy atom. The molecule has 0 radical (unpaired) electrons. The zero-order chi connectivity index (χ0) is 11.4. The minimum Gasteiger partial charge on any atom is -0.355 e. The van der Waals surface area contributed by atoms with Crippen LogP contribution in [0.5, 0.6) is 0 Å². The molecule has 1 amide bonds. The molecular weight excluding hydrogens is 206 g/mol. The first-order valence-electron chi connectivity index (χ1n) is 5.21. The highest BCUT2D eigenvalue weighted by atomic mass is 16.1. The number of carbonyl (C=O) groups is 2. The summed E-state index contributed by atoms with van der Waals surface area (Å²) in [5.41, 5.74) is 1.32. The fourth-order valence-corrected chi connectivity index (χ4v) is 1.76. The van der Waals surface area contributed by atoms with Gasteiger partial charge in [-0.05, 0) is 17.7 Å². The van der Waals surface area contributed by atoms with E-state index in [-0.39, 0.29) is 11.9 Å². The maximum Gasteiger partial charge on any atom is 0.221 e. The minimum atomic E-state index is -0.0378. The van der Waals surface area contributed by atoms with Crippen LogP contribution in [0.25, 0.3) is 0 Å². The van der Waals surface area contributed by atoms with E-state index in [9.17, 15) is 9.59 Å². The lowest BCUT2D eigenvalue weighted by atomic mass is 10.0. The number of hydrogen-bond acceptors (Lipinski definition) is 4. The Balaban J connectivity index is 2.20. The summed E-state index contributed by atoms with van der Waals surface area (Å²) >= 11 is 0. The number of nitrogens with zero attached hydrogens (tertiary/aromatic N) is 1. The molecule has 1 aliphatic heterocycles. The van der Waals surface area contributed by atoms with Gasteiger partial charge in [0.05, 0.1) is 0 Å². The van der Waals surface area contributed by atoms with Gasteiger partial charge >= 0.3 is 0 Å². The number of aromatic nitrogens is 1. The second kappa shape index (κ2) is 4.85. The van der Waals surface area contributed by atoms with Crippen molar-refractivity contribution in [2.24, 2.45) is 0 Å². The van der Waals surface area contributed by atoms with Crippen molar-refractivity contribution in [3.63, 3.8) is 0 Å². The number of amides is 1.